The average Bonchev–Trinajstić information content (AvgIpc) is 2.73. The lowest BCUT2D eigenvalue weighted by atomic mass is 9.88. The second-order valence-electron chi connectivity index (χ2n) is 9.71. The lowest BCUT2D eigenvalue weighted by Crippen LogP contribution is -2.59. The van der Waals surface area contributed by atoms with E-state index in [1.54, 1.807) is 0 Å². The molecule has 0 bridgehead atoms. The molecule has 0 aromatic heterocycles. The molecule has 0 saturated carbocycles. The molecule has 2 aromatic rings. The van der Waals surface area contributed by atoms with Gasteiger partial charge in [0.25, 0.3) is 0 Å². The second kappa shape index (κ2) is 10.4. The molecule has 32 heavy (non-hydrogen) atoms. The van der Waals surface area contributed by atoms with E-state index in [1.807, 2.05) is 30.3 Å². The van der Waals surface area contributed by atoms with Crippen LogP contribution in [0.25, 0.3) is 0 Å². The third-order valence-electron chi connectivity index (χ3n) is 6.66. The van der Waals surface area contributed by atoms with Crippen LogP contribution in [0.5, 0.6) is 0 Å². The van der Waals surface area contributed by atoms with E-state index in [0.717, 1.165) is 11.1 Å². The van der Waals surface area contributed by atoms with Crippen LogP contribution in [-0.4, -0.2) is 26.5 Å². The van der Waals surface area contributed by atoms with E-state index < -0.39 is 18.9 Å². The molecular formula is C26H37NO3SSi-. The summed E-state index contributed by atoms with van der Waals surface area (Å²) in [7, 11) is -1.59. The molecule has 0 unspecified atom stereocenters. The minimum Gasteiger partial charge on any atom is -0.445 e. The van der Waals surface area contributed by atoms with Crippen molar-refractivity contribution < 1.29 is 14.3 Å². The standard InChI is InChI=1S/C26H37NO3SSi/c1-19(2)32(20(3)4,21(5)6)31-24-14-12-23(13-15-24)26(17-29-18-26)27-25(28)30-16-22-10-8-7-9-11-22/h7-15,19-21H,16-18H2,1-6H3,(H,27,28)/q-1. The molecule has 0 spiro atoms. The highest BCUT2D eigenvalue weighted by Gasteiger charge is 2.42. The summed E-state index contributed by atoms with van der Waals surface area (Å²) in [6, 6.07) is 18.4. The van der Waals surface area contributed by atoms with Crippen molar-refractivity contribution in [3.8, 4) is 0 Å². The van der Waals surface area contributed by atoms with E-state index in [4.69, 9.17) is 9.47 Å². The molecule has 1 amide bonds. The zero-order valence-electron chi connectivity index (χ0n) is 20.2. The van der Waals surface area contributed by atoms with Crippen molar-refractivity contribution in [2.75, 3.05) is 13.2 Å². The van der Waals surface area contributed by atoms with Crippen LogP contribution in [0.15, 0.2) is 59.5 Å². The summed E-state index contributed by atoms with van der Waals surface area (Å²) in [5, 5.41) is 3.05. The maximum Gasteiger partial charge on any atom is 0.408 e. The van der Waals surface area contributed by atoms with Crippen molar-refractivity contribution in [3.63, 3.8) is 0 Å². The molecule has 1 N–H and O–H groups in total. The highest BCUT2D eigenvalue weighted by molar-refractivity contribution is 8.29. The van der Waals surface area contributed by atoms with Crippen molar-refractivity contribution in [1.82, 2.24) is 5.32 Å². The number of nitrogens with one attached hydrogen (secondary N) is 1. The fraction of sp³-hybridized carbons (Fsp3) is 0.500. The molecule has 0 aliphatic carbocycles. The quantitative estimate of drug-likeness (QED) is 0.396. The van der Waals surface area contributed by atoms with Crippen molar-refractivity contribution in [2.45, 2.75) is 75.2 Å². The molecular weight excluding hydrogens is 434 g/mol. The summed E-state index contributed by atoms with van der Waals surface area (Å²) in [5.41, 5.74) is 3.60. The SMILES string of the molecule is CC(C)[Si-](Sc1ccc(C2(NC(=O)OCc3ccccc3)COC2)cc1)(C(C)C)C(C)C. The number of benzene rings is 2. The van der Waals surface area contributed by atoms with Crippen molar-refractivity contribution in [2.24, 2.45) is 0 Å². The van der Waals surface area contributed by atoms with Crippen molar-refractivity contribution in [1.29, 1.82) is 0 Å². The Kier molecular flexibility index (Phi) is 8.12. The number of rotatable bonds is 9. The van der Waals surface area contributed by atoms with Gasteiger partial charge < -0.3 is 26.0 Å². The van der Waals surface area contributed by atoms with Gasteiger partial charge in [-0.15, -0.1) is 16.6 Å². The van der Waals surface area contributed by atoms with Gasteiger partial charge in [-0.2, -0.15) is 0 Å². The zero-order valence-corrected chi connectivity index (χ0v) is 22.0. The molecule has 1 fully saturated rings. The Hall–Kier alpha value is -1.76. The van der Waals surface area contributed by atoms with Gasteiger partial charge in [0, 0.05) is 0 Å². The maximum absolute atomic E-state index is 12.5. The Labute approximate surface area is 198 Å². The first-order chi connectivity index (χ1) is 15.2. The average molecular weight is 472 g/mol. The van der Waals surface area contributed by atoms with Crippen LogP contribution in [0.4, 0.5) is 4.79 Å². The zero-order chi connectivity index (χ0) is 23.4. The number of alkyl carbamates (subject to hydrolysis) is 1. The molecule has 175 valence electrons. The fourth-order valence-electron chi connectivity index (χ4n) is 4.97. The molecule has 6 heteroatoms. The van der Waals surface area contributed by atoms with Crippen molar-refractivity contribution >= 4 is 24.5 Å². The minimum absolute atomic E-state index is 0.255. The van der Waals surface area contributed by atoms with Gasteiger partial charge in [-0.25, -0.2) is 4.79 Å². The topological polar surface area (TPSA) is 47.6 Å². The lowest BCUT2D eigenvalue weighted by Gasteiger charge is -2.54. The number of carbonyl (C=O) groups excluding carboxylic acids is 1. The fourth-order valence-corrected chi connectivity index (χ4v) is 14.1. The van der Waals surface area contributed by atoms with Crippen LogP contribution in [-0.2, 0) is 21.6 Å². The molecule has 4 nitrogen and oxygen atoms in total. The van der Waals surface area contributed by atoms with E-state index in [1.165, 1.54) is 4.90 Å². The third-order valence-corrected chi connectivity index (χ3v) is 18.9. The van der Waals surface area contributed by atoms with Crippen LogP contribution in [0.2, 0.25) is 16.6 Å². The largest absolute Gasteiger partial charge is 0.445 e. The third kappa shape index (κ3) is 5.24. The normalized spacial score (nSPS) is 15.7. The summed E-state index contributed by atoms with van der Waals surface area (Å²) in [6.45, 7) is 15.5. The Morgan fingerprint density at radius 1 is 0.969 bits per heavy atom. The van der Waals surface area contributed by atoms with E-state index >= 15 is 0 Å². The van der Waals surface area contributed by atoms with E-state index in [0.29, 0.717) is 29.8 Å². The van der Waals surface area contributed by atoms with Crippen LogP contribution in [0.1, 0.15) is 52.7 Å². The van der Waals surface area contributed by atoms with Gasteiger partial charge in [0.15, 0.2) is 0 Å². The summed E-state index contributed by atoms with van der Waals surface area (Å²) >= 11 is 2.12. The summed E-state index contributed by atoms with van der Waals surface area (Å²) in [4.78, 5) is 13.8. The molecule has 0 radical (unpaired) electrons. The Balaban J connectivity index is 1.70. The number of amides is 1. The first-order valence-corrected chi connectivity index (χ1v) is 15.3. The number of hydrogen-bond donors (Lipinski definition) is 1. The smallest absolute Gasteiger partial charge is 0.408 e. The molecule has 1 aliphatic rings. The van der Waals surface area contributed by atoms with Gasteiger partial charge >= 0.3 is 6.09 Å². The Morgan fingerprint density at radius 2 is 1.53 bits per heavy atom. The van der Waals surface area contributed by atoms with Gasteiger partial charge in [0.2, 0.25) is 0 Å². The highest BCUT2D eigenvalue weighted by atomic mass is 32.4. The summed E-state index contributed by atoms with van der Waals surface area (Å²) in [6.07, 6.45) is -0.415. The van der Waals surface area contributed by atoms with E-state index in [-0.39, 0.29) is 6.61 Å². The molecule has 1 aliphatic heterocycles. The van der Waals surface area contributed by atoms with Crippen LogP contribution < -0.4 is 5.32 Å². The lowest BCUT2D eigenvalue weighted by molar-refractivity contribution is -0.0762. The second-order valence-corrected chi connectivity index (χ2v) is 18.3. The molecule has 0 atom stereocenters. The highest BCUT2D eigenvalue weighted by Crippen LogP contribution is 2.52. The molecule has 2 aromatic carbocycles. The molecule has 1 heterocycles. The summed E-state index contributed by atoms with van der Waals surface area (Å²) in [5.74, 6) is 0. The number of ether oxygens (including phenoxy) is 2. The maximum atomic E-state index is 12.5. The first kappa shape index (κ1) is 24.9. The van der Waals surface area contributed by atoms with Crippen molar-refractivity contribution in [3.05, 3.63) is 65.7 Å². The van der Waals surface area contributed by atoms with Crippen LogP contribution in [0.3, 0.4) is 0 Å². The number of carbonyl (C=O) groups is 1. The number of hydrogen-bond acceptors (Lipinski definition) is 4. The molecule has 3 rings (SSSR count). The predicted octanol–water partition coefficient (Wildman–Crippen LogP) is 7.11. The predicted molar refractivity (Wildman–Crippen MR) is 136 cm³/mol. The van der Waals surface area contributed by atoms with Gasteiger partial charge in [-0.3, -0.25) is 0 Å². The van der Waals surface area contributed by atoms with E-state index in [2.05, 4.69) is 82.3 Å². The van der Waals surface area contributed by atoms with Gasteiger partial charge in [-0.1, -0.05) is 103 Å². The Morgan fingerprint density at radius 3 is 2.00 bits per heavy atom. The van der Waals surface area contributed by atoms with Crippen LogP contribution in [0, 0.1) is 0 Å². The van der Waals surface area contributed by atoms with E-state index in [9.17, 15) is 4.79 Å². The van der Waals surface area contributed by atoms with Gasteiger partial charge in [-0.05, 0) is 16.0 Å². The van der Waals surface area contributed by atoms with Gasteiger partial charge in [0.1, 0.15) is 12.1 Å². The first-order valence-electron chi connectivity index (χ1n) is 11.6. The van der Waals surface area contributed by atoms with Gasteiger partial charge in [0.05, 0.1) is 13.2 Å². The van der Waals surface area contributed by atoms with Crippen LogP contribution >= 0.6 is 11.2 Å². The molecule has 1 saturated heterocycles. The Bertz CT molecular complexity index is 858. The summed E-state index contributed by atoms with van der Waals surface area (Å²) < 4.78 is 10.9. The minimum atomic E-state index is -1.59. The monoisotopic (exact) mass is 471 g/mol.